The Morgan fingerprint density at radius 2 is 1.71 bits per heavy atom. The first-order valence-corrected chi connectivity index (χ1v) is 6.29. The van der Waals surface area contributed by atoms with E-state index in [9.17, 15) is 5.11 Å². The first-order valence-electron chi connectivity index (χ1n) is 6.29. The topological polar surface area (TPSA) is 20.2 Å². The molecule has 17 heavy (non-hydrogen) atoms. The minimum atomic E-state index is 0.268. The van der Waals surface area contributed by atoms with Crippen LogP contribution in [0.15, 0.2) is 42.5 Å². The molecule has 0 saturated heterocycles. The number of aliphatic hydroxyl groups excluding tert-OH is 1. The van der Waals surface area contributed by atoms with Crippen molar-refractivity contribution in [2.24, 2.45) is 11.8 Å². The maximum atomic E-state index is 9.37. The van der Waals surface area contributed by atoms with Crippen LogP contribution in [0.3, 0.4) is 0 Å². The molecule has 1 atom stereocenters. The third kappa shape index (κ3) is 2.86. The van der Waals surface area contributed by atoms with Gasteiger partial charge in [-0.25, -0.2) is 0 Å². The summed E-state index contributed by atoms with van der Waals surface area (Å²) in [4.78, 5) is 0. The Morgan fingerprint density at radius 3 is 2.35 bits per heavy atom. The molecule has 1 nitrogen and oxygen atoms in total. The van der Waals surface area contributed by atoms with E-state index in [0.717, 1.165) is 6.42 Å². The molecule has 0 radical (unpaired) electrons. The molecule has 0 bridgehead atoms. The average molecular weight is 228 g/mol. The third-order valence-electron chi connectivity index (χ3n) is 3.49. The summed E-state index contributed by atoms with van der Waals surface area (Å²) in [5.41, 5.74) is 1.32. The van der Waals surface area contributed by atoms with E-state index >= 15 is 0 Å². The van der Waals surface area contributed by atoms with Crippen molar-refractivity contribution in [3.8, 4) is 0 Å². The van der Waals surface area contributed by atoms with Gasteiger partial charge >= 0.3 is 0 Å². The monoisotopic (exact) mass is 228 g/mol. The molecule has 0 aliphatic carbocycles. The molecule has 0 fully saturated rings. The fourth-order valence-electron chi connectivity index (χ4n) is 2.18. The van der Waals surface area contributed by atoms with E-state index in [-0.39, 0.29) is 6.61 Å². The van der Waals surface area contributed by atoms with E-state index in [2.05, 4.69) is 56.3 Å². The van der Waals surface area contributed by atoms with Gasteiger partial charge < -0.3 is 5.11 Å². The van der Waals surface area contributed by atoms with E-state index in [4.69, 9.17) is 0 Å². The molecule has 0 aliphatic heterocycles. The van der Waals surface area contributed by atoms with Crippen molar-refractivity contribution in [2.45, 2.75) is 20.3 Å². The first-order chi connectivity index (χ1) is 8.20. The Hall–Kier alpha value is -1.34. The Kier molecular flexibility index (Phi) is 3.80. The summed E-state index contributed by atoms with van der Waals surface area (Å²) in [5, 5.41) is 11.9. The fraction of sp³-hybridized carbons (Fsp3) is 0.375. The second kappa shape index (κ2) is 5.33. The van der Waals surface area contributed by atoms with Crippen molar-refractivity contribution in [1.29, 1.82) is 0 Å². The molecule has 1 N–H and O–H groups in total. The van der Waals surface area contributed by atoms with E-state index in [0.29, 0.717) is 11.8 Å². The molecule has 2 aromatic rings. The van der Waals surface area contributed by atoms with Gasteiger partial charge in [-0.1, -0.05) is 56.3 Å². The van der Waals surface area contributed by atoms with Crippen LogP contribution in [-0.2, 0) is 6.42 Å². The Labute approximate surface area is 103 Å². The maximum Gasteiger partial charge on any atom is 0.0464 e. The zero-order valence-electron chi connectivity index (χ0n) is 10.6. The van der Waals surface area contributed by atoms with E-state index in [1.807, 2.05) is 0 Å². The number of hydrogen-bond donors (Lipinski definition) is 1. The van der Waals surface area contributed by atoms with Gasteiger partial charge in [0, 0.05) is 6.61 Å². The lowest BCUT2D eigenvalue weighted by Crippen LogP contribution is -2.16. The smallest absolute Gasteiger partial charge is 0.0464 e. The lowest BCUT2D eigenvalue weighted by molar-refractivity contribution is 0.189. The number of benzene rings is 2. The van der Waals surface area contributed by atoms with Crippen molar-refractivity contribution in [3.05, 3.63) is 48.0 Å². The quantitative estimate of drug-likeness (QED) is 0.847. The van der Waals surface area contributed by atoms with E-state index < -0.39 is 0 Å². The highest BCUT2D eigenvalue weighted by Gasteiger charge is 2.12. The molecular weight excluding hydrogens is 208 g/mol. The highest BCUT2D eigenvalue weighted by atomic mass is 16.3. The molecule has 90 valence electrons. The third-order valence-corrected chi connectivity index (χ3v) is 3.49. The van der Waals surface area contributed by atoms with Gasteiger partial charge in [-0.15, -0.1) is 0 Å². The largest absolute Gasteiger partial charge is 0.396 e. The summed E-state index contributed by atoms with van der Waals surface area (Å²) in [6.07, 6.45) is 0.957. The van der Waals surface area contributed by atoms with Crippen LogP contribution in [0.1, 0.15) is 19.4 Å². The summed E-state index contributed by atoms with van der Waals surface area (Å²) in [7, 11) is 0. The lowest BCUT2D eigenvalue weighted by Gasteiger charge is -2.18. The summed E-state index contributed by atoms with van der Waals surface area (Å²) < 4.78 is 0. The van der Waals surface area contributed by atoms with Gasteiger partial charge in [0.25, 0.3) is 0 Å². The summed E-state index contributed by atoms with van der Waals surface area (Å²) in [6, 6.07) is 15.0. The van der Waals surface area contributed by atoms with Crippen molar-refractivity contribution in [2.75, 3.05) is 6.61 Å². The normalized spacial score (nSPS) is 13.2. The maximum absolute atomic E-state index is 9.37. The predicted octanol–water partition coefficient (Wildman–Crippen LogP) is 3.65. The average Bonchev–Trinajstić information content (AvgIpc) is 2.35. The van der Waals surface area contributed by atoms with Gasteiger partial charge in [0.1, 0.15) is 0 Å². The molecule has 0 aliphatic rings. The van der Waals surface area contributed by atoms with Crippen molar-refractivity contribution in [3.63, 3.8) is 0 Å². The number of rotatable bonds is 4. The SMILES string of the molecule is CC(C)C(CO)Cc1ccc2ccccc2c1. The zero-order valence-corrected chi connectivity index (χ0v) is 10.6. The zero-order chi connectivity index (χ0) is 12.3. The van der Waals surface area contributed by atoms with Gasteiger partial charge in [-0.05, 0) is 34.6 Å². The van der Waals surface area contributed by atoms with Crippen molar-refractivity contribution < 1.29 is 5.11 Å². The van der Waals surface area contributed by atoms with Gasteiger partial charge in [-0.2, -0.15) is 0 Å². The van der Waals surface area contributed by atoms with Gasteiger partial charge in [-0.3, -0.25) is 0 Å². The highest BCUT2D eigenvalue weighted by molar-refractivity contribution is 5.82. The number of aliphatic hydroxyl groups is 1. The molecule has 0 spiro atoms. The van der Waals surface area contributed by atoms with Crippen LogP contribution in [0.5, 0.6) is 0 Å². The number of hydrogen-bond acceptors (Lipinski definition) is 1. The molecule has 0 heterocycles. The van der Waals surface area contributed by atoms with Crippen LogP contribution in [0.4, 0.5) is 0 Å². The summed E-state index contributed by atoms with van der Waals surface area (Å²) >= 11 is 0. The van der Waals surface area contributed by atoms with Crippen molar-refractivity contribution >= 4 is 10.8 Å². The van der Waals surface area contributed by atoms with Crippen LogP contribution in [-0.4, -0.2) is 11.7 Å². The molecule has 2 aromatic carbocycles. The molecule has 2 rings (SSSR count). The predicted molar refractivity (Wildman–Crippen MR) is 73.1 cm³/mol. The van der Waals surface area contributed by atoms with Crippen molar-refractivity contribution in [1.82, 2.24) is 0 Å². The lowest BCUT2D eigenvalue weighted by atomic mass is 9.89. The van der Waals surface area contributed by atoms with Gasteiger partial charge in [0.05, 0.1) is 0 Å². The summed E-state index contributed by atoms with van der Waals surface area (Å²) in [5.74, 6) is 0.877. The van der Waals surface area contributed by atoms with E-state index in [1.54, 1.807) is 0 Å². The second-order valence-electron chi connectivity index (χ2n) is 5.07. The standard InChI is InChI=1S/C16H20O/c1-12(2)16(11-17)10-13-7-8-14-5-3-4-6-15(14)9-13/h3-9,12,16-17H,10-11H2,1-2H3. The highest BCUT2D eigenvalue weighted by Crippen LogP contribution is 2.21. The first kappa shape index (κ1) is 12.1. The molecule has 0 saturated carbocycles. The molecule has 1 unspecified atom stereocenters. The van der Waals surface area contributed by atoms with Crippen LogP contribution in [0, 0.1) is 11.8 Å². The second-order valence-corrected chi connectivity index (χ2v) is 5.07. The van der Waals surface area contributed by atoms with Gasteiger partial charge in [0.15, 0.2) is 0 Å². The van der Waals surface area contributed by atoms with Crippen LogP contribution in [0.25, 0.3) is 10.8 Å². The minimum absolute atomic E-state index is 0.268. The van der Waals surface area contributed by atoms with E-state index in [1.165, 1.54) is 16.3 Å². The molecule has 0 aromatic heterocycles. The van der Waals surface area contributed by atoms with Crippen LogP contribution >= 0.6 is 0 Å². The Balaban J connectivity index is 2.24. The Bertz CT molecular complexity index is 488. The Morgan fingerprint density at radius 1 is 1.00 bits per heavy atom. The fourth-order valence-corrected chi connectivity index (χ4v) is 2.18. The number of fused-ring (bicyclic) bond motifs is 1. The molecule has 0 amide bonds. The molecular formula is C16H20O. The van der Waals surface area contributed by atoms with Crippen LogP contribution in [0.2, 0.25) is 0 Å². The minimum Gasteiger partial charge on any atom is -0.396 e. The summed E-state index contributed by atoms with van der Waals surface area (Å²) in [6.45, 7) is 4.61. The van der Waals surface area contributed by atoms with Crippen LogP contribution < -0.4 is 0 Å². The van der Waals surface area contributed by atoms with Gasteiger partial charge in [0.2, 0.25) is 0 Å². The molecule has 1 heteroatoms.